The Balaban J connectivity index is 2.06. The molecule has 1 aliphatic heterocycles. The highest BCUT2D eigenvalue weighted by atomic mass is 32.1. The highest BCUT2D eigenvalue weighted by Crippen LogP contribution is 2.25. The van der Waals surface area contributed by atoms with Gasteiger partial charge in [-0.1, -0.05) is 13.8 Å². The second-order valence-electron chi connectivity index (χ2n) is 5.25. The third-order valence-electron chi connectivity index (χ3n) is 3.39. The normalized spacial score (nSPS) is 23.4. The van der Waals surface area contributed by atoms with E-state index in [1.54, 1.807) is 5.51 Å². The molecule has 2 rings (SSSR count). The summed E-state index contributed by atoms with van der Waals surface area (Å²) >= 11 is 1.41. The van der Waals surface area contributed by atoms with Crippen LogP contribution in [0.3, 0.4) is 0 Å². The highest BCUT2D eigenvalue weighted by molar-refractivity contribution is 7.11. The Bertz CT molecular complexity index is 414. The number of carbonyl (C=O) groups is 1. The van der Waals surface area contributed by atoms with Gasteiger partial charge in [-0.25, -0.2) is 4.98 Å². The second-order valence-corrected chi connectivity index (χ2v) is 6.10. The summed E-state index contributed by atoms with van der Waals surface area (Å²) in [5.41, 5.74) is 2.64. The Labute approximate surface area is 106 Å². The number of hydrogen-bond donors (Lipinski definition) is 2. The van der Waals surface area contributed by atoms with E-state index in [1.165, 1.54) is 11.3 Å². The van der Waals surface area contributed by atoms with Crippen molar-refractivity contribution in [1.82, 2.24) is 15.6 Å². The van der Waals surface area contributed by atoms with Crippen molar-refractivity contribution in [1.29, 1.82) is 0 Å². The fourth-order valence-electron chi connectivity index (χ4n) is 2.18. The lowest BCUT2D eigenvalue weighted by Gasteiger charge is -2.39. The van der Waals surface area contributed by atoms with Crippen molar-refractivity contribution in [2.24, 2.45) is 5.41 Å². The van der Waals surface area contributed by atoms with Crippen molar-refractivity contribution in [2.45, 2.75) is 33.2 Å². The SMILES string of the molecule is Cc1ncsc1C(=O)NC1CCNCC1(C)C. The average Bonchev–Trinajstić information content (AvgIpc) is 2.67. The molecule has 0 spiro atoms. The second kappa shape index (κ2) is 4.74. The van der Waals surface area contributed by atoms with Crippen molar-refractivity contribution in [2.75, 3.05) is 13.1 Å². The first-order chi connectivity index (χ1) is 8.00. The number of nitrogens with zero attached hydrogens (tertiary/aromatic N) is 1. The Morgan fingerprint density at radius 1 is 1.65 bits per heavy atom. The van der Waals surface area contributed by atoms with Gasteiger partial charge in [-0.3, -0.25) is 4.79 Å². The molecule has 94 valence electrons. The van der Waals surface area contributed by atoms with Crippen molar-refractivity contribution >= 4 is 17.2 Å². The Morgan fingerprint density at radius 3 is 3.00 bits per heavy atom. The lowest BCUT2D eigenvalue weighted by Crippen LogP contribution is -2.54. The van der Waals surface area contributed by atoms with E-state index in [-0.39, 0.29) is 17.4 Å². The van der Waals surface area contributed by atoms with E-state index in [2.05, 4.69) is 29.5 Å². The molecule has 0 saturated carbocycles. The molecule has 2 N–H and O–H groups in total. The smallest absolute Gasteiger partial charge is 0.263 e. The zero-order chi connectivity index (χ0) is 12.5. The number of amides is 1. The largest absolute Gasteiger partial charge is 0.348 e. The first kappa shape index (κ1) is 12.5. The summed E-state index contributed by atoms with van der Waals surface area (Å²) in [5, 5.41) is 6.51. The van der Waals surface area contributed by atoms with Crippen LogP contribution >= 0.6 is 11.3 Å². The molecule has 17 heavy (non-hydrogen) atoms. The molecular weight excluding hydrogens is 234 g/mol. The summed E-state index contributed by atoms with van der Waals surface area (Å²) < 4.78 is 0. The lowest BCUT2D eigenvalue weighted by molar-refractivity contribution is 0.0872. The molecular formula is C12H19N3OS. The maximum Gasteiger partial charge on any atom is 0.263 e. The summed E-state index contributed by atoms with van der Waals surface area (Å²) in [6.45, 7) is 8.15. The van der Waals surface area contributed by atoms with Crippen LogP contribution in [-0.2, 0) is 0 Å². The lowest BCUT2D eigenvalue weighted by atomic mass is 9.80. The summed E-state index contributed by atoms with van der Waals surface area (Å²) in [6.07, 6.45) is 0.983. The highest BCUT2D eigenvalue weighted by Gasteiger charge is 2.33. The number of piperidine rings is 1. The van der Waals surface area contributed by atoms with E-state index in [1.807, 2.05) is 6.92 Å². The molecule has 1 aromatic heterocycles. The molecule has 0 aliphatic carbocycles. The van der Waals surface area contributed by atoms with Crippen molar-refractivity contribution in [3.8, 4) is 0 Å². The summed E-state index contributed by atoms with van der Waals surface area (Å²) in [4.78, 5) is 17.0. The number of rotatable bonds is 2. The van der Waals surface area contributed by atoms with Crippen LogP contribution in [0.4, 0.5) is 0 Å². The van der Waals surface area contributed by atoms with E-state index in [9.17, 15) is 4.79 Å². The fraction of sp³-hybridized carbons (Fsp3) is 0.667. The summed E-state index contributed by atoms with van der Waals surface area (Å²) in [5.74, 6) is 0.0185. The first-order valence-electron chi connectivity index (χ1n) is 5.92. The van der Waals surface area contributed by atoms with Crippen molar-refractivity contribution in [3.05, 3.63) is 16.1 Å². The van der Waals surface area contributed by atoms with Crippen LogP contribution in [-0.4, -0.2) is 30.0 Å². The predicted molar refractivity (Wildman–Crippen MR) is 69.4 cm³/mol. The quantitative estimate of drug-likeness (QED) is 0.841. The molecule has 0 radical (unpaired) electrons. The van der Waals surface area contributed by atoms with Crippen LogP contribution < -0.4 is 10.6 Å². The molecule has 1 unspecified atom stereocenters. The topological polar surface area (TPSA) is 54.0 Å². The van der Waals surface area contributed by atoms with Gasteiger partial charge in [-0.15, -0.1) is 11.3 Å². The number of nitrogens with one attached hydrogen (secondary N) is 2. The first-order valence-corrected chi connectivity index (χ1v) is 6.80. The van der Waals surface area contributed by atoms with Crippen LogP contribution in [0.25, 0.3) is 0 Å². The molecule has 1 amide bonds. The summed E-state index contributed by atoms with van der Waals surface area (Å²) in [7, 11) is 0. The van der Waals surface area contributed by atoms with Gasteiger partial charge in [0.05, 0.1) is 11.2 Å². The molecule has 2 heterocycles. The van der Waals surface area contributed by atoms with Gasteiger partial charge in [0.1, 0.15) is 4.88 Å². The van der Waals surface area contributed by atoms with Crippen LogP contribution in [0.1, 0.15) is 35.6 Å². The molecule has 0 aromatic carbocycles. The van der Waals surface area contributed by atoms with E-state index in [4.69, 9.17) is 0 Å². The number of aryl methyl sites for hydroxylation is 1. The van der Waals surface area contributed by atoms with Gasteiger partial charge in [0.15, 0.2) is 0 Å². The van der Waals surface area contributed by atoms with Crippen molar-refractivity contribution in [3.63, 3.8) is 0 Å². The van der Waals surface area contributed by atoms with E-state index in [0.29, 0.717) is 0 Å². The average molecular weight is 253 g/mol. The number of thiazole rings is 1. The third-order valence-corrected chi connectivity index (χ3v) is 4.32. The maximum atomic E-state index is 12.1. The summed E-state index contributed by atoms with van der Waals surface area (Å²) in [6, 6.07) is 0.234. The molecule has 1 saturated heterocycles. The van der Waals surface area contributed by atoms with Gasteiger partial charge >= 0.3 is 0 Å². The van der Waals surface area contributed by atoms with E-state index < -0.39 is 0 Å². The Hall–Kier alpha value is -0.940. The van der Waals surface area contributed by atoms with Gasteiger partial charge in [0, 0.05) is 12.6 Å². The maximum absolute atomic E-state index is 12.1. The van der Waals surface area contributed by atoms with E-state index in [0.717, 1.165) is 30.1 Å². The Kier molecular flexibility index (Phi) is 3.49. The Morgan fingerprint density at radius 2 is 2.41 bits per heavy atom. The molecule has 0 bridgehead atoms. The minimum absolute atomic E-state index is 0.0185. The van der Waals surface area contributed by atoms with Gasteiger partial charge in [0.2, 0.25) is 0 Å². The van der Waals surface area contributed by atoms with Crippen LogP contribution in [0, 0.1) is 12.3 Å². The molecule has 4 nitrogen and oxygen atoms in total. The number of hydrogen-bond acceptors (Lipinski definition) is 4. The van der Waals surface area contributed by atoms with Crippen LogP contribution in [0.2, 0.25) is 0 Å². The number of carbonyl (C=O) groups excluding carboxylic acids is 1. The van der Waals surface area contributed by atoms with Gasteiger partial charge in [-0.2, -0.15) is 0 Å². The zero-order valence-corrected chi connectivity index (χ0v) is 11.4. The third kappa shape index (κ3) is 2.66. The van der Waals surface area contributed by atoms with Crippen LogP contribution in [0.15, 0.2) is 5.51 Å². The molecule has 5 heteroatoms. The molecule has 1 fully saturated rings. The van der Waals surface area contributed by atoms with Gasteiger partial charge in [-0.05, 0) is 25.3 Å². The zero-order valence-electron chi connectivity index (χ0n) is 10.5. The van der Waals surface area contributed by atoms with Crippen molar-refractivity contribution < 1.29 is 4.79 Å². The minimum atomic E-state index is 0.0185. The molecule has 1 aliphatic rings. The minimum Gasteiger partial charge on any atom is -0.348 e. The molecule has 1 aromatic rings. The fourth-order valence-corrected chi connectivity index (χ4v) is 2.89. The standard InChI is InChI=1S/C12H19N3OS/c1-8-10(17-7-14-8)11(16)15-9-4-5-13-6-12(9,2)3/h7,9,13H,4-6H2,1-3H3,(H,15,16). The number of aromatic nitrogens is 1. The van der Waals surface area contributed by atoms with E-state index >= 15 is 0 Å². The van der Waals surface area contributed by atoms with Gasteiger partial charge in [0.25, 0.3) is 5.91 Å². The van der Waals surface area contributed by atoms with Gasteiger partial charge < -0.3 is 10.6 Å². The predicted octanol–water partition coefficient (Wildman–Crippen LogP) is 1.57. The monoisotopic (exact) mass is 253 g/mol. The van der Waals surface area contributed by atoms with Crippen LogP contribution in [0.5, 0.6) is 0 Å². The molecule has 1 atom stereocenters.